The number of phosphoric ester groups is 1. The molecule has 0 radical (unpaired) electrons. The Bertz CT molecular complexity index is 1940. The van der Waals surface area contributed by atoms with Crippen LogP contribution >= 0.6 is 7.82 Å². The summed E-state index contributed by atoms with van der Waals surface area (Å²) in [5.74, 6) is -3.89. The number of benzene rings is 2. The van der Waals surface area contributed by atoms with E-state index in [4.69, 9.17) is 32.9 Å². The normalized spacial score (nSPS) is 26.5. The van der Waals surface area contributed by atoms with Gasteiger partial charge in [0.2, 0.25) is 5.78 Å². The van der Waals surface area contributed by atoms with Gasteiger partial charge in [0.05, 0.1) is 42.6 Å². The molecule has 6 rings (SSSR count). The van der Waals surface area contributed by atoms with Gasteiger partial charge in [-0.15, -0.1) is 0 Å². The van der Waals surface area contributed by atoms with Crippen molar-refractivity contribution in [3.8, 4) is 17.2 Å². The number of fused-ring (bicyclic) bond motifs is 4. The molecule has 320 valence electrons. The van der Waals surface area contributed by atoms with E-state index < -0.39 is 104 Å². The average molecular weight is 836 g/mol. The Balaban J connectivity index is 1.36. The Labute approximate surface area is 336 Å². The van der Waals surface area contributed by atoms with E-state index in [-0.39, 0.29) is 52.7 Å². The van der Waals surface area contributed by atoms with Crippen LogP contribution in [0.5, 0.6) is 17.2 Å². The number of hydrogen-bond donors (Lipinski definition) is 5. The molecule has 0 aromatic heterocycles. The molecule has 2 fully saturated rings. The van der Waals surface area contributed by atoms with E-state index in [1.165, 1.54) is 32.4 Å². The van der Waals surface area contributed by atoms with Crippen LogP contribution in [0.15, 0.2) is 18.2 Å². The van der Waals surface area contributed by atoms with E-state index in [2.05, 4.69) is 25.7 Å². The molecular weight excluding hydrogens is 781 g/mol. The highest BCUT2D eigenvalue weighted by Crippen LogP contribution is 2.56. The van der Waals surface area contributed by atoms with E-state index in [9.17, 15) is 44.1 Å². The number of aliphatic hydroxyl groups is 1. The molecule has 17 nitrogen and oxygen atoms in total. The largest absolute Gasteiger partial charge is 0.507 e. The van der Waals surface area contributed by atoms with Crippen LogP contribution in [0.2, 0.25) is 0 Å². The standard InChI is InChI=1S/C40H54NO16P/c1-21(42)36-24(41-14-17-55-38(52-6)37(41)56-36)11-8-16-54-26-19-40(57-58(48,49)50,27(43)20-53-15-9-13-39(2,3)4)18-23-29(26)35(47)31-30(33(23)45)32(44)22-10-7-12-25(51-5)28(22)34(31)46/h7,10,12,21,24,26,36-38,42,45,47H,8-9,11,13-20H2,1-6H3,(H2,48,49,50)/t21-,24-,26-,36+,37+,38-,40-/m0/s1. The van der Waals surface area contributed by atoms with E-state index in [0.29, 0.717) is 32.4 Å². The number of rotatable bonds is 16. The number of aliphatic hydroxyl groups excluding tert-OH is 1. The zero-order valence-electron chi connectivity index (χ0n) is 33.6. The zero-order chi connectivity index (χ0) is 42.3. The number of ether oxygens (including phenoxy) is 6. The Hall–Kier alpha value is -3.32. The predicted molar refractivity (Wildman–Crippen MR) is 204 cm³/mol. The third-order valence-electron chi connectivity index (χ3n) is 11.3. The molecule has 5 N–H and O–H groups in total. The SMILES string of the molecule is COc1cccc2c1C(=O)c1c(O)c3c(c(O)c1C2=O)C[C@@](OP(=O)(O)O)(C(=O)COCCCC(C)(C)C)C[C@@H]3OCCC[C@H]1[C@@H]([C@H](C)O)O[C@@H]2[C@@H](OC)OCCN21. The molecule has 4 aliphatic rings. The highest BCUT2D eigenvalue weighted by molar-refractivity contribution is 7.46. The Morgan fingerprint density at radius 1 is 1.05 bits per heavy atom. The Morgan fingerprint density at radius 2 is 1.78 bits per heavy atom. The van der Waals surface area contributed by atoms with Gasteiger partial charge < -0.3 is 53.5 Å². The van der Waals surface area contributed by atoms with Crippen molar-refractivity contribution < 1.29 is 77.0 Å². The molecule has 2 aromatic carbocycles. The second-order valence-corrected chi connectivity index (χ2v) is 17.7. The number of morpholine rings is 1. The van der Waals surface area contributed by atoms with Crippen molar-refractivity contribution >= 4 is 25.2 Å². The lowest BCUT2D eigenvalue weighted by molar-refractivity contribution is -0.246. The first-order chi connectivity index (χ1) is 27.3. The fourth-order valence-corrected chi connectivity index (χ4v) is 9.35. The number of phenols is 2. The van der Waals surface area contributed by atoms with Gasteiger partial charge in [-0.2, -0.15) is 0 Å². The van der Waals surface area contributed by atoms with Gasteiger partial charge in [-0.1, -0.05) is 32.9 Å². The molecule has 2 aliphatic heterocycles. The minimum absolute atomic E-state index is 0.00280. The minimum atomic E-state index is -5.44. The van der Waals surface area contributed by atoms with Crippen LogP contribution < -0.4 is 4.74 Å². The van der Waals surface area contributed by atoms with Gasteiger partial charge in [-0.3, -0.25) is 23.8 Å². The second kappa shape index (κ2) is 17.3. The maximum absolute atomic E-state index is 14.1. The lowest BCUT2D eigenvalue weighted by atomic mass is 9.72. The van der Waals surface area contributed by atoms with Crippen LogP contribution in [-0.2, 0) is 44.0 Å². The number of ketones is 3. The van der Waals surface area contributed by atoms with Crippen LogP contribution in [-0.4, -0.2) is 131 Å². The number of methoxy groups -OCH3 is 2. The number of phosphoric acid groups is 1. The summed E-state index contributed by atoms with van der Waals surface area (Å²) in [6.45, 7) is 8.15. The van der Waals surface area contributed by atoms with Crippen molar-refractivity contribution in [1.29, 1.82) is 0 Å². The van der Waals surface area contributed by atoms with Gasteiger partial charge in [-0.05, 0) is 44.1 Å². The fraction of sp³-hybridized carbons (Fsp3) is 0.625. The van der Waals surface area contributed by atoms with Crippen molar-refractivity contribution in [1.82, 2.24) is 4.90 Å². The first-order valence-electron chi connectivity index (χ1n) is 19.4. The molecule has 58 heavy (non-hydrogen) atoms. The molecule has 2 saturated heterocycles. The first-order valence-corrected chi connectivity index (χ1v) is 20.9. The summed E-state index contributed by atoms with van der Waals surface area (Å²) in [4.78, 5) is 64.7. The molecule has 0 unspecified atom stereocenters. The topological polar surface area (TPSA) is 237 Å². The molecule has 2 aromatic rings. The van der Waals surface area contributed by atoms with Crippen LogP contribution in [0.4, 0.5) is 0 Å². The Kier molecular flexibility index (Phi) is 13.2. The van der Waals surface area contributed by atoms with Crippen molar-refractivity contribution in [3.05, 3.63) is 51.6 Å². The van der Waals surface area contributed by atoms with Crippen molar-refractivity contribution in [2.24, 2.45) is 5.41 Å². The molecule has 0 amide bonds. The molecule has 0 saturated carbocycles. The van der Waals surface area contributed by atoms with Gasteiger partial charge in [0.25, 0.3) is 0 Å². The average Bonchev–Trinajstić information content (AvgIpc) is 3.54. The first kappa shape index (κ1) is 44.2. The summed E-state index contributed by atoms with van der Waals surface area (Å²) in [6.07, 6.45) is -3.21. The highest BCUT2D eigenvalue weighted by atomic mass is 31.2. The quantitative estimate of drug-likeness (QED) is 0.0786. The summed E-state index contributed by atoms with van der Waals surface area (Å²) >= 11 is 0. The fourth-order valence-electron chi connectivity index (χ4n) is 8.65. The van der Waals surface area contributed by atoms with E-state index in [1.54, 1.807) is 6.92 Å². The van der Waals surface area contributed by atoms with Crippen molar-refractivity contribution in [2.75, 3.05) is 47.2 Å². The van der Waals surface area contributed by atoms with E-state index in [0.717, 1.165) is 6.42 Å². The summed E-state index contributed by atoms with van der Waals surface area (Å²) in [6, 6.07) is 4.05. The van der Waals surface area contributed by atoms with Crippen LogP contribution in [0, 0.1) is 5.41 Å². The van der Waals surface area contributed by atoms with Crippen molar-refractivity contribution in [2.45, 2.75) is 109 Å². The van der Waals surface area contributed by atoms with Gasteiger partial charge in [0.15, 0.2) is 24.1 Å². The number of phenolic OH excluding ortho intramolecular Hbond substituents is 2. The molecule has 18 heteroatoms. The number of aromatic hydroxyl groups is 2. The van der Waals surface area contributed by atoms with Gasteiger partial charge >= 0.3 is 7.82 Å². The number of nitrogens with zero attached hydrogens (tertiary/aromatic N) is 1. The highest BCUT2D eigenvalue weighted by Gasteiger charge is 2.54. The predicted octanol–water partition coefficient (Wildman–Crippen LogP) is 3.71. The summed E-state index contributed by atoms with van der Waals surface area (Å²) in [5.41, 5.74) is -4.02. The van der Waals surface area contributed by atoms with Crippen LogP contribution in [0.1, 0.15) is 109 Å². The third kappa shape index (κ3) is 8.77. The number of carbonyl (C=O) groups excluding carboxylic acids is 3. The molecular formula is C40H54NO16P. The summed E-state index contributed by atoms with van der Waals surface area (Å²) in [5, 5.41) is 34.5. The summed E-state index contributed by atoms with van der Waals surface area (Å²) in [7, 11) is -2.62. The van der Waals surface area contributed by atoms with Crippen LogP contribution in [0.3, 0.4) is 0 Å². The molecule has 2 aliphatic carbocycles. The van der Waals surface area contributed by atoms with Gasteiger partial charge in [-0.25, -0.2) is 4.57 Å². The number of hydrogen-bond acceptors (Lipinski definition) is 15. The summed E-state index contributed by atoms with van der Waals surface area (Å²) < 4.78 is 52.6. The monoisotopic (exact) mass is 835 g/mol. The smallest absolute Gasteiger partial charge is 0.470 e. The molecule has 7 atom stereocenters. The number of carbonyl (C=O) groups is 3. The van der Waals surface area contributed by atoms with E-state index >= 15 is 0 Å². The van der Waals surface area contributed by atoms with Crippen LogP contribution in [0.25, 0.3) is 0 Å². The zero-order valence-corrected chi connectivity index (χ0v) is 34.5. The second-order valence-electron chi connectivity index (χ2n) is 16.5. The molecule has 2 heterocycles. The van der Waals surface area contributed by atoms with Gasteiger partial charge in [0, 0.05) is 62.4 Å². The number of Topliss-reactive ketones (excluding diaryl/α,β-unsaturated/α-hetero) is 1. The van der Waals surface area contributed by atoms with Gasteiger partial charge in [0.1, 0.15) is 35.6 Å². The molecule has 0 spiro atoms. The minimum Gasteiger partial charge on any atom is -0.507 e. The Morgan fingerprint density at radius 3 is 2.43 bits per heavy atom. The maximum atomic E-state index is 14.1. The lowest BCUT2D eigenvalue weighted by Crippen LogP contribution is -2.52. The molecule has 0 bridgehead atoms. The lowest BCUT2D eigenvalue weighted by Gasteiger charge is -2.41. The van der Waals surface area contributed by atoms with Crippen molar-refractivity contribution in [3.63, 3.8) is 0 Å². The third-order valence-corrected chi connectivity index (χ3v) is 11.9. The maximum Gasteiger partial charge on any atom is 0.470 e. The van der Waals surface area contributed by atoms with E-state index in [1.807, 2.05) is 0 Å².